The molecule has 1 aromatic heterocycles. The van der Waals surface area contributed by atoms with Gasteiger partial charge in [0.25, 0.3) is 0 Å². The minimum Gasteiger partial charge on any atom is -0.478 e. The number of aromatic carboxylic acids is 1. The van der Waals surface area contributed by atoms with Gasteiger partial charge in [-0.1, -0.05) is 24.1 Å². The molecule has 0 amide bonds. The Morgan fingerprint density at radius 3 is 2.88 bits per heavy atom. The molecule has 2 heterocycles. The van der Waals surface area contributed by atoms with Crippen LogP contribution in [0.1, 0.15) is 65.2 Å². The lowest BCUT2D eigenvalue weighted by Gasteiger charge is -2.39. The van der Waals surface area contributed by atoms with Crippen molar-refractivity contribution in [2.24, 2.45) is 0 Å². The molecule has 7 nitrogen and oxygen atoms in total. The highest BCUT2D eigenvalue weighted by atomic mass is 35.5. The van der Waals surface area contributed by atoms with Crippen molar-refractivity contribution in [3.05, 3.63) is 57.7 Å². The highest BCUT2D eigenvalue weighted by molar-refractivity contribution is 6.33. The van der Waals surface area contributed by atoms with Crippen molar-refractivity contribution in [3.63, 3.8) is 0 Å². The summed E-state index contributed by atoms with van der Waals surface area (Å²) in [5.41, 5.74) is 10.0. The van der Waals surface area contributed by atoms with Gasteiger partial charge in [0.2, 0.25) is 0 Å². The molecule has 0 bridgehead atoms. The normalized spacial score (nSPS) is 18.4. The van der Waals surface area contributed by atoms with Gasteiger partial charge < -0.3 is 16.2 Å². The first-order valence-corrected chi connectivity index (χ1v) is 11.3. The van der Waals surface area contributed by atoms with E-state index in [1.807, 2.05) is 0 Å². The number of rotatable bonds is 6. The topological polar surface area (TPSA) is 115 Å². The smallest absolute Gasteiger partial charge is 0.336 e. The fraction of sp³-hybridized carbons (Fsp3) is 0.375. The number of nitrogens with one attached hydrogen (secondary N) is 1. The van der Waals surface area contributed by atoms with Crippen LogP contribution in [0.5, 0.6) is 0 Å². The van der Waals surface area contributed by atoms with Gasteiger partial charge in [-0.15, -0.1) is 0 Å². The van der Waals surface area contributed by atoms with Gasteiger partial charge in [0.15, 0.2) is 0 Å². The number of carbonyl (C=O) groups is 1. The summed E-state index contributed by atoms with van der Waals surface area (Å²) < 4.78 is 0. The summed E-state index contributed by atoms with van der Waals surface area (Å²) in [6.07, 6.45) is 8.57. The fourth-order valence-electron chi connectivity index (χ4n) is 4.76. The summed E-state index contributed by atoms with van der Waals surface area (Å²) >= 11 is 6.39. The van der Waals surface area contributed by atoms with Gasteiger partial charge in [-0.05, 0) is 68.1 Å². The zero-order valence-electron chi connectivity index (χ0n) is 17.8. The molecule has 1 unspecified atom stereocenters. The van der Waals surface area contributed by atoms with E-state index in [4.69, 9.17) is 17.3 Å². The number of likely N-dealkylation sites (tertiary alicyclic amines) is 1. The van der Waals surface area contributed by atoms with Gasteiger partial charge in [0.1, 0.15) is 11.9 Å². The molecule has 32 heavy (non-hydrogen) atoms. The lowest BCUT2D eigenvalue weighted by molar-refractivity contribution is 0.0696. The first-order valence-electron chi connectivity index (χ1n) is 10.9. The molecule has 1 aliphatic carbocycles. The summed E-state index contributed by atoms with van der Waals surface area (Å²) in [6.45, 7) is 2.45. The molecule has 0 saturated carbocycles. The van der Waals surface area contributed by atoms with Gasteiger partial charge in [0.05, 0.1) is 21.8 Å². The third kappa shape index (κ3) is 4.29. The monoisotopic (exact) mass is 451 g/mol. The number of carboxylic acids is 1. The van der Waals surface area contributed by atoms with Crippen molar-refractivity contribution < 1.29 is 9.90 Å². The van der Waals surface area contributed by atoms with E-state index in [0.717, 1.165) is 43.5 Å². The largest absolute Gasteiger partial charge is 0.478 e. The maximum Gasteiger partial charge on any atom is 0.336 e. The number of nitrogen functional groups attached to an aromatic ring is 1. The molecule has 1 aliphatic heterocycles. The average molecular weight is 452 g/mol. The minimum atomic E-state index is -1.02. The minimum absolute atomic E-state index is 0.0276. The Bertz CT molecular complexity index is 1100. The number of pyridine rings is 1. The number of aromatic nitrogens is 1. The molecule has 1 aromatic carbocycles. The Morgan fingerprint density at radius 1 is 1.38 bits per heavy atom. The van der Waals surface area contributed by atoms with Gasteiger partial charge in [-0.2, -0.15) is 5.26 Å². The number of hydrogen-bond acceptors (Lipinski definition) is 6. The van der Waals surface area contributed by atoms with E-state index in [2.05, 4.69) is 27.3 Å². The Labute approximate surface area is 192 Å². The highest BCUT2D eigenvalue weighted by Crippen LogP contribution is 2.46. The van der Waals surface area contributed by atoms with Crippen LogP contribution in [0.25, 0.3) is 5.57 Å². The zero-order valence-corrected chi connectivity index (χ0v) is 18.5. The Kier molecular flexibility index (Phi) is 6.63. The van der Waals surface area contributed by atoms with Crippen LogP contribution >= 0.6 is 11.6 Å². The summed E-state index contributed by atoms with van der Waals surface area (Å²) in [5.74, 6) is -0.496. The molecule has 4 N–H and O–H groups in total. The SMILES string of the molecule is N#Cc1cccnc1NCCC1=CCC(N2CCCCC2)c2c(N)c(Cl)cc(C(=O)O)c21. The summed E-state index contributed by atoms with van der Waals surface area (Å²) in [7, 11) is 0. The summed E-state index contributed by atoms with van der Waals surface area (Å²) in [5, 5.41) is 22.7. The molecule has 4 rings (SSSR count). The lowest BCUT2D eigenvalue weighted by atomic mass is 9.81. The van der Waals surface area contributed by atoms with E-state index in [9.17, 15) is 15.2 Å². The van der Waals surface area contributed by atoms with Gasteiger partial charge in [0, 0.05) is 24.3 Å². The number of nitrogens with zero attached hydrogens (tertiary/aromatic N) is 3. The van der Waals surface area contributed by atoms with E-state index >= 15 is 0 Å². The molecule has 0 radical (unpaired) electrons. The van der Waals surface area contributed by atoms with Crippen LogP contribution in [0, 0.1) is 11.3 Å². The predicted octanol–water partition coefficient (Wildman–Crippen LogP) is 4.70. The molecule has 2 aromatic rings. The standard InChI is InChI=1S/C24H26ClN5O2/c25-18-13-17(24(31)32)20-15(8-10-29-23-16(14-26)5-4-9-28-23)6-7-19(21(20)22(18)27)30-11-2-1-3-12-30/h4-6,9,13,19H,1-3,7-8,10-12,27H2,(H,28,29)(H,31,32). The second-order valence-electron chi connectivity index (χ2n) is 8.18. The Balaban J connectivity index is 1.67. The Hall–Kier alpha value is -3.08. The van der Waals surface area contributed by atoms with Crippen molar-refractivity contribution in [2.75, 3.05) is 30.7 Å². The van der Waals surface area contributed by atoms with Crippen LogP contribution in [-0.4, -0.2) is 40.6 Å². The molecule has 1 fully saturated rings. The number of carboxylic acid groups (broad SMARTS) is 1. The molecular formula is C24H26ClN5O2. The van der Waals surface area contributed by atoms with Crippen molar-refractivity contribution in [1.29, 1.82) is 5.26 Å². The predicted molar refractivity (Wildman–Crippen MR) is 126 cm³/mol. The van der Waals surface area contributed by atoms with Gasteiger partial charge in [-0.25, -0.2) is 9.78 Å². The van der Waals surface area contributed by atoms with Crippen LogP contribution in [0.4, 0.5) is 11.5 Å². The third-order valence-corrected chi connectivity index (χ3v) is 6.59. The van der Waals surface area contributed by atoms with E-state index < -0.39 is 5.97 Å². The molecular weight excluding hydrogens is 426 g/mol. The molecule has 1 saturated heterocycles. The number of fused-ring (bicyclic) bond motifs is 1. The van der Waals surface area contributed by atoms with E-state index in [0.29, 0.717) is 35.6 Å². The van der Waals surface area contributed by atoms with Crippen molar-refractivity contribution in [2.45, 2.75) is 38.1 Å². The first-order chi connectivity index (χ1) is 15.5. The van der Waals surface area contributed by atoms with Crippen molar-refractivity contribution in [1.82, 2.24) is 9.88 Å². The van der Waals surface area contributed by atoms with Crippen LogP contribution in [0.15, 0.2) is 30.5 Å². The first kappa shape index (κ1) is 22.1. The number of hydrogen-bond donors (Lipinski definition) is 3. The number of halogens is 1. The highest BCUT2D eigenvalue weighted by Gasteiger charge is 2.33. The summed E-state index contributed by atoms with van der Waals surface area (Å²) in [6, 6.07) is 7.04. The number of anilines is 2. The maximum atomic E-state index is 12.1. The average Bonchev–Trinajstić information content (AvgIpc) is 2.82. The second kappa shape index (κ2) is 9.60. The van der Waals surface area contributed by atoms with Crippen molar-refractivity contribution in [3.8, 4) is 6.07 Å². The Morgan fingerprint density at radius 2 is 2.16 bits per heavy atom. The lowest BCUT2D eigenvalue weighted by Crippen LogP contribution is -2.35. The molecule has 2 aliphatic rings. The van der Waals surface area contributed by atoms with Crippen molar-refractivity contribution >= 4 is 34.6 Å². The van der Waals surface area contributed by atoms with E-state index in [1.54, 1.807) is 18.3 Å². The van der Waals surface area contributed by atoms with Crippen LogP contribution < -0.4 is 11.1 Å². The number of nitrogens with two attached hydrogens (primary N) is 1. The van der Waals surface area contributed by atoms with E-state index in [1.165, 1.54) is 12.5 Å². The van der Waals surface area contributed by atoms with Gasteiger partial charge >= 0.3 is 5.97 Å². The maximum absolute atomic E-state index is 12.1. The number of benzene rings is 1. The third-order valence-electron chi connectivity index (χ3n) is 6.28. The number of piperidine rings is 1. The summed E-state index contributed by atoms with van der Waals surface area (Å²) in [4.78, 5) is 18.8. The van der Waals surface area contributed by atoms with Crippen LogP contribution in [0.2, 0.25) is 5.02 Å². The van der Waals surface area contributed by atoms with Crippen LogP contribution in [-0.2, 0) is 0 Å². The second-order valence-corrected chi connectivity index (χ2v) is 8.59. The quantitative estimate of drug-likeness (QED) is 0.545. The zero-order chi connectivity index (χ0) is 22.7. The fourth-order valence-corrected chi connectivity index (χ4v) is 4.97. The molecule has 166 valence electrons. The molecule has 8 heteroatoms. The van der Waals surface area contributed by atoms with Crippen LogP contribution in [0.3, 0.4) is 0 Å². The number of nitriles is 1. The molecule has 0 spiro atoms. The van der Waals surface area contributed by atoms with Gasteiger partial charge in [-0.3, -0.25) is 4.90 Å². The molecule has 1 atom stereocenters. The van der Waals surface area contributed by atoms with E-state index in [-0.39, 0.29) is 16.6 Å².